The lowest BCUT2D eigenvalue weighted by Gasteiger charge is -2.46. The van der Waals surface area contributed by atoms with E-state index in [9.17, 15) is 14.7 Å². The highest BCUT2D eigenvalue weighted by atomic mass is 16.6. The van der Waals surface area contributed by atoms with E-state index in [0.29, 0.717) is 40.1 Å². The second-order valence-electron chi connectivity index (χ2n) is 15.6. The lowest BCUT2D eigenvalue weighted by atomic mass is 9.65. The molecule has 6 atom stereocenters. The van der Waals surface area contributed by atoms with Gasteiger partial charge in [0.1, 0.15) is 29.9 Å². The molecule has 3 N–H and O–H groups in total. The summed E-state index contributed by atoms with van der Waals surface area (Å²) in [7, 11) is 2.33. The van der Waals surface area contributed by atoms with Crippen molar-refractivity contribution in [3.63, 3.8) is 0 Å². The SMILES string of the molecule is COC(=O)C(CC#Cc1ccc2c(c1)C1(C(=O)N2)C(C(=O)NCCc2ccccn2)C2C(=O)OC(c3ccccc3)C(c3ccccc3)N2C1c1ccccc1OCCO)C(=O)OC. The summed E-state index contributed by atoms with van der Waals surface area (Å²) in [5.74, 6) is 0.166. The molecule has 2 saturated heterocycles. The number of anilines is 1. The van der Waals surface area contributed by atoms with Gasteiger partial charge in [0.05, 0.1) is 38.8 Å². The van der Waals surface area contributed by atoms with E-state index in [4.69, 9.17) is 18.9 Å². The number of esters is 3. The van der Waals surface area contributed by atoms with E-state index in [0.717, 1.165) is 11.3 Å². The first kappa shape index (κ1) is 43.3. The molecular formula is C50H46N4O10. The first-order chi connectivity index (χ1) is 31.2. The van der Waals surface area contributed by atoms with Crippen molar-refractivity contribution in [2.24, 2.45) is 11.8 Å². The van der Waals surface area contributed by atoms with E-state index < -0.39 is 71.2 Å². The maximum absolute atomic E-state index is 15.6. The summed E-state index contributed by atoms with van der Waals surface area (Å²) in [5, 5.41) is 16.1. The first-order valence-electron chi connectivity index (χ1n) is 20.9. The Kier molecular flexibility index (Phi) is 12.8. The summed E-state index contributed by atoms with van der Waals surface area (Å²) in [6.07, 6.45) is 0.926. The average molecular weight is 863 g/mol. The number of aliphatic hydroxyl groups is 1. The van der Waals surface area contributed by atoms with Crippen LogP contribution in [0, 0.1) is 23.7 Å². The topological polar surface area (TPSA) is 183 Å². The molecular weight excluding hydrogens is 817 g/mol. The van der Waals surface area contributed by atoms with Crippen molar-refractivity contribution in [2.75, 3.05) is 39.3 Å². The predicted octanol–water partition coefficient (Wildman–Crippen LogP) is 4.79. The van der Waals surface area contributed by atoms with E-state index in [1.54, 1.807) is 48.7 Å². The summed E-state index contributed by atoms with van der Waals surface area (Å²) in [4.78, 5) is 77.4. The Labute approximate surface area is 369 Å². The number of para-hydroxylation sites is 1. The lowest BCUT2D eigenvalue weighted by molar-refractivity contribution is -0.178. The molecule has 2 amide bonds. The largest absolute Gasteiger partial charge is 0.491 e. The van der Waals surface area contributed by atoms with E-state index in [1.807, 2.05) is 83.8 Å². The predicted molar refractivity (Wildman–Crippen MR) is 232 cm³/mol. The monoisotopic (exact) mass is 862 g/mol. The molecule has 0 aliphatic carbocycles. The van der Waals surface area contributed by atoms with Crippen LogP contribution in [0.4, 0.5) is 5.69 Å². The highest BCUT2D eigenvalue weighted by Crippen LogP contribution is 2.65. The van der Waals surface area contributed by atoms with Crippen LogP contribution < -0.4 is 15.4 Å². The molecule has 4 aromatic carbocycles. The van der Waals surface area contributed by atoms with E-state index in [1.165, 1.54) is 14.2 Å². The molecule has 3 aliphatic rings. The number of ether oxygens (including phenoxy) is 4. The van der Waals surface area contributed by atoms with E-state index in [-0.39, 0.29) is 26.2 Å². The molecule has 2 fully saturated rings. The maximum atomic E-state index is 15.6. The smallest absolute Gasteiger partial charge is 0.324 e. The molecule has 64 heavy (non-hydrogen) atoms. The number of hydrogen-bond acceptors (Lipinski definition) is 12. The van der Waals surface area contributed by atoms with Crippen molar-refractivity contribution >= 4 is 35.4 Å². The molecule has 0 saturated carbocycles. The Morgan fingerprint density at radius 1 is 0.875 bits per heavy atom. The summed E-state index contributed by atoms with van der Waals surface area (Å²) < 4.78 is 22.4. The van der Waals surface area contributed by atoms with Crippen LogP contribution in [0.15, 0.2) is 128 Å². The second-order valence-corrected chi connectivity index (χ2v) is 15.6. The van der Waals surface area contributed by atoms with Crippen LogP contribution in [0.5, 0.6) is 5.75 Å². The van der Waals surface area contributed by atoms with Crippen LogP contribution >= 0.6 is 0 Å². The van der Waals surface area contributed by atoms with Crippen molar-refractivity contribution in [3.8, 4) is 17.6 Å². The number of fused-ring (bicyclic) bond motifs is 3. The summed E-state index contributed by atoms with van der Waals surface area (Å²) >= 11 is 0. The zero-order chi connectivity index (χ0) is 44.8. The molecule has 0 bridgehead atoms. The van der Waals surface area contributed by atoms with Crippen LogP contribution in [0.2, 0.25) is 0 Å². The number of hydrogen-bond donors (Lipinski definition) is 3. The third kappa shape index (κ3) is 7.95. The maximum Gasteiger partial charge on any atom is 0.324 e. The number of aliphatic hydroxyl groups excluding tert-OH is 1. The number of carbonyl (C=O) groups is 5. The molecule has 14 heteroatoms. The van der Waals surface area contributed by atoms with E-state index >= 15 is 14.4 Å². The zero-order valence-electron chi connectivity index (χ0n) is 35.1. The minimum Gasteiger partial charge on any atom is -0.491 e. The first-order valence-corrected chi connectivity index (χ1v) is 20.9. The van der Waals surface area contributed by atoms with Gasteiger partial charge in [-0.15, -0.1) is 0 Å². The highest BCUT2D eigenvalue weighted by molar-refractivity contribution is 6.12. The average Bonchev–Trinajstić information content (AvgIpc) is 3.81. The quantitative estimate of drug-likeness (QED) is 0.0639. The molecule has 14 nitrogen and oxygen atoms in total. The third-order valence-corrected chi connectivity index (χ3v) is 12.1. The molecule has 1 aromatic heterocycles. The Balaban J connectivity index is 1.37. The molecule has 4 heterocycles. The van der Waals surface area contributed by atoms with Gasteiger partial charge in [0, 0.05) is 48.1 Å². The number of carbonyl (C=O) groups excluding carboxylic acids is 5. The number of nitrogens with one attached hydrogen (secondary N) is 2. The summed E-state index contributed by atoms with van der Waals surface area (Å²) in [5.41, 5.74) is 2.02. The van der Waals surface area contributed by atoms with Gasteiger partial charge in [0.25, 0.3) is 0 Å². The molecule has 0 radical (unpaired) electrons. The number of methoxy groups -OCH3 is 2. The van der Waals surface area contributed by atoms with Gasteiger partial charge in [0.2, 0.25) is 11.8 Å². The van der Waals surface area contributed by atoms with Gasteiger partial charge in [-0.25, -0.2) is 0 Å². The molecule has 326 valence electrons. The number of cyclic esters (lactones) is 1. The molecule has 1 spiro atoms. The molecule has 3 aliphatic heterocycles. The number of morpholine rings is 1. The van der Waals surface area contributed by atoms with Gasteiger partial charge in [0.15, 0.2) is 5.92 Å². The number of nitrogens with zero attached hydrogens (tertiary/aromatic N) is 2. The van der Waals surface area contributed by atoms with Crippen LogP contribution in [-0.2, 0) is 50.0 Å². The normalized spacial score (nSPS) is 22.0. The minimum atomic E-state index is -1.86. The Bertz CT molecular complexity index is 2580. The van der Waals surface area contributed by atoms with Gasteiger partial charge in [-0.1, -0.05) is 96.8 Å². The van der Waals surface area contributed by atoms with Crippen molar-refractivity contribution in [3.05, 3.63) is 161 Å². The number of benzene rings is 4. The Morgan fingerprint density at radius 3 is 2.25 bits per heavy atom. The highest BCUT2D eigenvalue weighted by Gasteiger charge is 2.74. The van der Waals surface area contributed by atoms with Crippen molar-refractivity contribution in [1.29, 1.82) is 0 Å². The molecule has 6 unspecified atom stereocenters. The summed E-state index contributed by atoms with van der Waals surface area (Å²) in [6.45, 7) is -0.235. The van der Waals surface area contributed by atoms with Gasteiger partial charge in [-0.3, -0.25) is 33.9 Å². The Hall–Kier alpha value is -7.34. The van der Waals surface area contributed by atoms with Crippen LogP contribution in [0.25, 0.3) is 0 Å². The molecule has 5 aromatic rings. The Morgan fingerprint density at radius 2 is 1.56 bits per heavy atom. The van der Waals surface area contributed by atoms with Crippen molar-refractivity contribution in [1.82, 2.24) is 15.2 Å². The van der Waals surface area contributed by atoms with E-state index in [2.05, 4.69) is 27.5 Å². The summed E-state index contributed by atoms with van der Waals surface area (Å²) in [6, 6.07) is 33.4. The lowest BCUT2D eigenvalue weighted by Crippen LogP contribution is -2.55. The van der Waals surface area contributed by atoms with Gasteiger partial charge in [-0.05, 0) is 53.1 Å². The van der Waals surface area contributed by atoms with Crippen molar-refractivity contribution in [2.45, 2.75) is 42.5 Å². The van der Waals surface area contributed by atoms with Crippen LogP contribution in [0.1, 0.15) is 58.1 Å². The minimum absolute atomic E-state index is 0.0743. The number of aromatic nitrogens is 1. The fraction of sp³-hybridized carbons (Fsp3) is 0.280. The number of pyridine rings is 1. The second kappa shape index (κ2) is 19.0. The number of rotatable bonds is 13. The van der Waals surface area contributed by atoms with Crippen molar-refractivity contribution < 1.29 is 48.0 Å². The fourth-order valence-electron chi connectivity index (χ4n) is 9.41. The third-order valence-electron chi connectivity index (χ3n) is 12.1. The molecule has 8 rings (SSSR count). The van der Waals surface area contributed by atoms with Crippen LogP contribution in [-0.4, -0.2) is 84.7 Å². The van der Waals surface area contributed by atoms with Crippen LogP contribution in [0.3, 0.4) is 0 Å². The van der Waals surface area contributed by atoms with Gasteiger partial charge in [-0.2, -0.15) is 0 Å². The standard InChI is InChI=1S/C50H46N4O10/c1-61-46(57)36(47(58)62-2)21-13-14-31-23-24-38-37(30-31)50(49(60)53-38)40(45(56)52-27-25-34-19-11-12-26-51-34)42-48(59)64-43(33-17-7-4-8-18-33)41(32-15-5-3-6-16-32)54(42)44(50)35-20-9-10-22-39(35)63-29-28-55/h3-12,15-20,22-24,26,30,36,40-44,55H,21,25,27-29H2,1-2H3,(H,52,56)(H,53,60). The number of amides is 2. The fourth-order valence-corrected chi connectivity index (χ4v) is 9.41. The van der Waals surface area contributed by atoms with Gasteiger partial charge < -0.3 is 34.7 Å². The zero-order valence-corrected chi connectivity index (χ0v) is 35.1. The van der Waals surface area contributed by atoms with Gasteiger partial charge >= 0.3 is 17.9 Å².